The predicted molar refractivity (Wildman–Crippen MR) is 69.0 cm³/mol. The third kappa shape index (κ3) is 2.88. The molecule has 1 aliphatic heterocycles. The van der Waals surface area contributed by atoms with Crippen LogP contribution in [0.3, 0.4) is 0 Å². The Morgan fingerprint density at radius 3 is 3.06 bits per heavy atom. The van der Waals surface area contributed by atoms with Crippen molar-refractivity contribution in [1.29, 1.82) is 0 Å². The van der Waals surface area contributed by atoms with Crippen LogP contribution >= 0.6 is 0 Å². The molecular formula is C12H23N5O. The second-order valence-corrected chi connectivity index (χ2v) is 4.73. The number of hydrogen-bond donors (Lipinski definition) is 1. The van der Waals surface area contributed by atoms with Crippen LogP contribution in [0, 0.1) is 0 Å². The van der Waals surface area contributed by atoms with Crippen LogP contribution in [-0.2, 0) is 17.8 Å². The van der Waals surface area contributed by atoms with E-state index in [1.54, 1.807) is 13.4 Å². The lowest BCUT2D eigenvalue weighted by molar-refractivity contribution is 0.00886. The largest absolute Gasteiger partial charge is 0.381 e. The van der Waals surface area contributed by atoms with Crippen molar-refractivity contribution < 1.29 is 4.74 Å². The SMILES string of the molecule is CCn1ncnc1CN1CCC(OC)CC1CN. The Hall–Kier alpha value is -0.980. The van der Waals surface area contributed by atoms with E-state index < -0.39 is 0 Å². The predicted octanol–water partition coefficient (Wildman–Crippen LogP) is 0.236. The molecular weight excluding hydrogens is 230 g/mol. The van der Waals surface area contributed by atoms with Gasteiger partial charge in [-0.1, -0.05) is 0 Å². The van der Waals surface area contributed by atoms with E-state index in [1.165, 1.54) is 0 Å². The minimum absolute atomic E-state index is 0.346. The summed E-state index contributed by atoms with van der Waals surface area (Å²) in [5.41, 5.74) is 5.87. The maximum Gasteiger partial charge on any atom is 0.141 e. The van der Waals surface area contributed by atoms with Crippen LogP contribution in [0.1, 0.15) is 25.6 Å². The summed E-state index contributed by atoms with van der Waals surface area (Å²) >= 11 is 0. The van der Waals surface area contributed by atoms with Gasteiger partial charge in [0.1, 0.15) is 12.2 Å². The van der Waals surface area contributed by atoms with Gasteiger partial charge < -0.3 is 10.5 Å². The van der Waals surface area contributed by atoms with E-state index in [1.807, 2.05) is 4.68 Å². The molecule has 0 bridgehead atoms. The summed E-state index contributed by atoms with van der Waals surface area (Å²) in [6.45, 7) is 5.44. The van der Waals surface area contributed by atoms with E-state index in [-0.39, 0.29) is 0 Å². The fourth-order valence-corrected chi connectivity index (χ4v) is 2.59. The Morgan fingerprint density at radius 2 is 2.39 bits per heavy atom. The van der Waals surface area contributed by atoms with Crippen molar-refractivity contribution in [1.82, 2.24) is 19.7 Å². The first kappa shape index (κ1) is 13.5. The highest BCUT2D eigenvalue weighted by Crippen LogP contribution is 2.20. The van der Waals surface area contributed by atoms with Crippen molar-refractivity contribution in [2.45, 2.75) is 45.0 Å². The lowest BCUT2D eigenvalue weighted by Gasteiger charge is -2.38. The van der Waals surface area contributed by atoms with Gasteiger partial charge in [0.2, 0.25) is 0 Å². The molecule has 1 fully saturated rings. The summed E-state index contributed by atoms with van der Waals surface area (Å²) in [5.74, 6) is 1.02. The first-order valence-electron chi connectivity index (χ1n) is 6.62. The van der Waals surface area contributed by atoms with Crippen LogP contribution in [0.25, 0.3) is 0 Å². The highest BCUT2D eigenvalue weighted by atomic mass is 16.5. The highest BCUT2D eigenvalue weighted by Gasteiger charge is 2.28. The minimum Gasteiger partial charge on any atom is -0.381 e. The Balaban J connectivity index is 2.00. The van der Waals surface area contributed by atoms with E-state index in [0.717, 1.165) is 38.3 Å². The fraction of sp³-hybridized carbons (Fsp3) is 0.833. The van der Waals surface area contributed by atoms with E-state index in [9.17, 15) is 0 Å². The van der Waals surface area contributed by atoms with Gasteiger partial charge in [0, 0.05) is 32.8 Å². The second-order valence-electron chi connectivity index (χ2n) is 4.73. The lowest BCUT2D eigenvalue weighted by atomic mass is 9.99. The summed E-state index contributed by atoms with van der Waals surface area (Å²) in [6, 6.07) is 0.380. The summed E-state index contributed by atoms with van der Waals surface area (Å²) in [6.07, 6.45) is 4.04. The van der Waals surface area contributed by atoms with Gasteiger partial charge in [-0.05, 0) is 19.8 Å². The van der Waals surface area contributed by atoms with Gasteiger partial charge in [0.15, 0.2) is 0 Å². The zero-order valence-corrected chi connectivity index (χ0v) is 11.2. The number of ether oxygens (including phenoxy) is 1. The standard InChI is InChI=1S/C12H23N5O/c1-3-17-12(14-9-15-17)8-16-5-4-11(18-2)6-10(16)7-13/h9-11H,3-8,13H2,1-2H3. The molecule has 2 unspecified atom stereocenters. The van der Waals surface area contributed by atoms with E-state index in [2.05, 4.69) is 21.9 Å². The molecule has 2 N–H and O–H groups in total. The van der Waals surface area contributed by atoms with Crippen LogP contribution in [0.5, 0.6) is 0 Å². The number of methoxy groups -OCH3 is 1. The molecule has 2 atom stereocenters. The molecule has 6 heteroatoms. The molecule has 1 aromatic heterocycles. The normalized spacial score (nSPS) is 25.5. The van der Waals surface area contributed by atoms with E-state index >= 15 is 0 Å². The molecule has 2 rings (SSSR count). The maximum absolute atomic E-state index is 5.87. The van der Waals surface area contributed by atoms with Crippen molar-refractivity contribution in [3.63, 3.8) is 0 Å². The van der Waals surface area contributed by atoms with Gasteiger partial charge in [-0.15, -0.1) is 0 Å². The van der Waals surface area contributed by atoms with Crippen LogP contribution in [0.4, 0.5) is 0 Å². The first-order chi connectivity index (χ1) is 8.78. The van der Waals surface area contributed by atoms with Crippen LogP contribution < -0.4 is 5.73 Å². The lowest BCUT2D eigenvalue weighted by Crippen LogP contribution is -2.48. The molecule has 1 aromatic rings. The number of nitrogens with two attached hydrogens (primary N) is 1. The molecule has 0 aromatic carbocycles. The number of rotatable bonds is 5. The Labute approximate surface area is 108 Å². The van der Waals surface area contributed by atoms with Gasteiger partial charge in [-0.3, -0.25) is 4.90 Å². The van der Waals surface area contributed by atoms with Gasteiger partial charge in [-0.25, -0.2) is 9.67 Å². The number of hydrogen-bond acceptors (Lipinski definition) is 5. The molecule has 102 valence electrons. The number of aromatic nitrogens is 3. The molecule has 2 heterocycles. The molecule has 0 spiro atoms. The Kier molecular flexibility index (Phi) is 4.68. The van der Waals surface area contributed by atoms with Crippen LogP contribution in [0.2, 0.25) is 0 Å². The molecule has 0 saturated carbocycles. The topological polar surface area (TPSA) is 69.2 Å². The monoisotopic (exact) mass is 253 g/mol. The number of likely N-dealkylation sites (tertiary alicyclic amines) is 1. The van der Waals surface area contributed by atoms with E-state index in [4.69, 9.17) is 10.5 Å². The fourth-order valence-electron chi connectivity index (χ4n) is 2.59. The molecule has 6 nitrogen and oxygen atoms in total. The van der Waals surface area contributed by atoms with Crippen molar-refractivity contribution in [2.75, 3.05) is 20.2 Å². The summed E-state index contributed by atoms with van der Waals surface area (Å²) in [4.78, 5) is 6.72. The molecule has 1 saturated heterocycles. The van der Waals surface area contributed by atoms with Crippen molar-refractivity contribution in [3.05, 3.63) is 12.2 Å². The van der Waals surface area contributed by atoms with Gasteiger partial charge in [0.25, 0.3) is 0 Å². The number of aryl methyl sites for hydroxylation is 1. The third-order valence-electron chi connectivity index (χ3n) is 3.73. The zero-order valence-electron chi connectivity index (χ0n) is 11.2. The summed E-state index contributed by atoms with van der Waals surface area (Å²) in [7, 11) is 1.78. The molecule has 0 amide bonds. The Morgan fingerprint density at radius 1 is 1.56 bits per heavy atom. The molecule has 0 aliphatic carbocycles. The maximum atomic E-state index is 5.87. The van der Waals surface area contributed by atoms with Gasteiger partial charge >= 0.3 is 0 Å². The van der Waals surface area contributed by atoms with Gasteiger partial charge in [0.05, 0.1) is 12.6 Å². The third-order valence-corrected chi connectivity index (χ3v) is 3.73. The second kappa shape index (κ2) is 6.26. The molecule has 0 radical (unpaired) electrons. The smallest absolute Gasteiger partial charge is 0.141 e. The highest BCUT2D eigenvalue weighted by molar-refractivity contribution is 4.90. The average molecular weight is 253 g/mol. The number of piperidine rings is 1. The van der Waals surface area contributed by atoms with E-state index in [0.29, 0.717) is 18.7 Å². The quantitative estimate of drug-likeness (QED) is 0.814. The summed E-state index contributed by atoms with van der Waals surface area (Å²) in [5, 5.41) is 4.21. The molecule has 18 heavy (non-hydrogen) atoms. The molecule has 1 aliphatic rings. The van der Waals surface area contributed by atoms with Crippen LogP contribution in [0.15, 0.2) is 6.33 Å². The van der Waals surface area contributed by atoms with Crippen molar-refractivity contribution >= 4 is 0 Å². The van der Waals surface area contributed by atoms with Gasteiger partial charge in [-0.2, -0.15) is 5.10 Å². The number of nitrogens with zero attached hydrogens (tertiary/aromatic N) is 4. The van der Waals surface area contributed by atoms with Crippen LogP contribution in [-0.4, -0.2) is 52.0 Å². The zero-order chi connectivity index (χ0) is 13.0. The van der Waals surface area contributed by atoms with Crippen molar-refractivity contribution in [2.24, 2.45) is 5.73 Å². The Bertz CT molecular complexity index is 367. The summed E-state index contributed by atoms with van der Waals surface area (Å²) < 4.78 is 7.38. The minimum atomic E-state index is 0.346. The first-order valence-corrected chi connectivity index (χ1v) is 6.62. The van der Waals surface area contributed by atoms with Crippen molar-refractivity contribution in [3.8, 4) is 0 Å². The average Bonchev–Trinajstić information content (AvgIpc) is 2.86.